The van der Waals surface area contributed by atoms with Gasteiger partial charge in [-0.15, -0.1) is 11.8 Å². The summed E-state index contributed by atoms with van der Waals surface area (Å²) in [7, 11) is 1.73. The van der Waals surface area contributed by atoms with Gasteiger partial charge in [-0.25, -0.2) is 0 Å². The second-order valence-corrected chi connectivity index (χ2v) is 7.14. The first-order chi connectivity index (χ1) is 9.01. The van der Waals surface area contributed by atoms with E-state index >= 15 is 0 Å². The lowest BCUT2D eigenvalue weighted by molar-refractivity contribution is 0.199. The number of nitrogens with one attached hydrogen (secondary N) is 1. The summed E-state index contributed by atoms with van der Waals surface area (Å²) in [4.78, 5) is 1.37. The van der Waals surface area contributed by atoms with E-state index in [-0.39, 0.29) is 0 Å². The number of ether oxygens (including phenoxy) is 1. The topological polar surface area (TPSA) is 21.3 Å². The molecule has 0 aliphatic carbocycles. The van der Waals surface area contributed by atoms with Crippen molar-refractivity contribution in [1.82, 2.24) is 5.32 Å². The normalized spacial score (nSPS) is 11.8. The maximum absolute atomic E-state index is 5.02. The molecule has 0 spiro atoms. The van der Waals surface area contributed by atoms with E-state index in [1.165, 1.54) is 22.6 Å². The zero-order chi connectivity index (χ0) is 14.1. The molecule has 1 rings (SSSR count). The number of benzene rings is 1. The lowest BCUT2D eigenvalue weighted by Crippen LogP contribution is -2.18. The lowest BCUT2D eigenvalue weighted by atomic mass is 9.94. The Hall–Kier alpha value is -0.510. The van der Waals surface area contributed by atoms with Gasteiger partial charge in [0.1, 0.15) is 0 Å². The molecule has 0 saturated carbocycles. The van der Waals surface area contributed by atoms with E-state index < -0.39 is 0 Å². The van der Waals surface area contributed by atoms with Crippen LogP contribution in [0.1, 0.15) is 32.8 Å². The maximum Gasteiger partial charge on any atom is 0.0587 e. The Balaban J connectivity index is 2.35. The van der Waals surface area contributed by atoms with Crippen LogP contribution in [-0.2, 0) is 11.3 Å². The first-order valence-electron chi connectivity index (χ1n) is 6.93. The van der Waals surface area contributed by atoms with Gasteiger partial charge in [0.2, 0.25) is 0 Å². The average Bonchev–Trinajstić information content (AvgIpc) is 2.34. The van der Waals surface area contributed by atoms with Gasteiger partial charge in [0.25, 0.3) is 0 Å². The molecule has 0 amide bonds. The van der Waals surface area contributed by atoms with Crippen molar-refractivity contribution in [3.8, 4) is 0 Å². The Morgan fingerprint density at radius 2 is 2.05 bits per heavy atom. The van der Waals surface area contributed by atoms with E-state index in [1.807, 2.05) is 11.8 Å². The summed E-state index contributed by atoms with van der Waals surface area (Å²) >= 11 is 1.95. The van der Waals surface area contributed by atoms with Gasteiger partial charge in [0.15, 0.2) is 0 Å². The molecule has 1 aromatic rings. The summed E-state index contributed by atoms with van der Waals surface area (Å²) in [6, 6.07) is 8.81. The minimum Gasteiger partial charge on any atom is -0.383 e. The van der Waals surface area contributed by atoms with Crippen molar-refractivity contribution in [2.75, 3.05) is 26.0 Å². The van der Waals surface area contributed by atoms with Crippen LogP contribution in [-0.4, -0.2) is 26.0 Å². The number of hydrogen-bond acceptors (Lipinski definition) is 3. The zero-order valence-electron chi connectivity index (χ0n) is 12.7. The van der Waals surface area contributed by atoms with Crippen LogP contribution in [0.4, 0.5) is 0 Å². The van der Waals surface area contributed by atoms with Crippen LogP contribution in [0.3, 0.4) is 0 Å². The molecule has 1 aromatic carbocycles. The highest BCUT2D eigenvalue weighted by Crippen LogP contribution is 2.26. The van der Waals surface area contributed by atoms with E-state index in [9.17, 15) is 0 Å². The molecule has 0 heterocycles. The van der Waals surface area contributed by atoms with Gasteiger partial charge in [0, 0.05) is 25.1 Å². The van der Waals surface area contributed by atoms with Crippen molar-refractivity contribution < 1.29 is 4.74 Å². The largest absolute Gasteiger partial charge is 0.383 e. The van der Waals surface area contributed by atoms with Gasteiger partial charge in [-0.2, -0.15) is 0 Å². The van der Waals surface area contributed by atoms with Gasteiger partial charge in [-0.3, -0.25) is 0 Å². The van der Waals surface area contributed by atoms with Gasteiger partial charge < -0.3 is 10.1 Å². The lowest BCUT2D eigenvalue weighted by Gasteiger charge is -2.17. The monoisotopic (exact) mass is 281 g/mol. The number of rotatable bonds is 8. The SMILES string of the molecule is COCCNCc1cccc(SCCC(C)(C)C)c1. The summed E-state index contributed by atoms with van der Waals surface area (Å²) in [6.45, 7) is 9.46. The van der Waals surface area contributed by atoms with Gasteiger partial charge in [-0.1, -0.05) is 32.9 Å². The Morgan fingerprint density at radius 1 is 1.26 bits per heavy atom. The first kappa shape index (κ1) is 16.5. The first-order valence-corrected chi connectivity index (χ1v) is 7.91. The highest BCUT2D eigenvalue weighted by Gasteiger charge is 2.09. The fraction of sp³-hybridized carbons (Fsp3) is 0.625. The van der Waals surface area contributed by atoms with Crippen molar-refractivity contribution >= 4 is 11.8 Å². The molecule has 108 valence electrons. The van der Waals surface area contributed by atoms with Crippen LogP contribution in [0.5, 0.6) is 0 Å². The third-order valence-electron chi connectivity index (χ3n) is 2.83. The maximum atomic E-state index is 5.02. The zero-order valence-corrected chi connectivity index (χ0v) is 13.5. The second kappa shape index (κ2) is 8.62. The van der Waals surface area contributed by atoms with Crippen molar-refractivity contribution in [2.24, 2.45) is 5.41 Å². The van der Waals surface area contributed by atoms with Crippen LogP contribution >= 0.6 is 11.8 Å². The van der Waals surface area contributed by atoms with E-state index in [2.05, 4.69) is 50.4 Å². The number of methoxy groups -OCH3 is 1. The fourth-order valence-corrected chi connectivity index (χ4v) is 2.99. The third kappa shape index (κ3) is 8.30. The minimum atomic E-state index is 0.423. The van der Waals surface area contributed by atoms with Gasteiger partial charge in [0.05, 0.1) is 6.61 Å². The van der Waals surface area contributed by atoms with Crippen molar-refractivity contribution in [2.45, 2.75) is 38.6 Å². The van der Waals surface area contributed by atoms with Crippen LogP contribution in [0.15, 0.2) is 29.2 Å². The Bertz CT molecular complexity index is 360. The van der Waals surface area contributed by atoms with Crippen LogP contribution in [0, 0.1) is 5.41 Å². The molecule has 0 aliphatic heterocycles. The minimum absolute atomic E-state index is 0.423. The summed E-state index contributed by atoms with van der Waals surface area (Å²) < 4.78 is 5.02. The van der Waals surface area contributed by atoms with Gasteiger partial charge >= 0.3 is 0 Å². The van der Waals surface area contributed by atoms with E-state index in [1.54, 1.807) is 7.11 Å². The molecule has 19 heavy (non-hydrogen) atoms. The molecular weight excluding hydrogens is 254 g/mol. The van der Waals surface area contributed by atoms with Crippen molar-refractivity contribution in [1.29, 1.82) is 0 Å². The van der Waals surface area contributed by atoms with E-state index in [0.717, 1.165) is 19.7 Å². The molecule has 0 saturated heterocycles. The number of thioether (sulfide) groups is 1. The van der Waals surface area contributed by atoms with E-state index in [0.29, 0.717) is 5.41 Å². The van der Waals surface area contributed by atoms with Crippen molar-refractivity contribution in [3.05, 3.63) is 29.8 Å². The molecule has 0 aromatic heterocycles. The fourth-order valence-electron chi connectivity index (χ4n) is 1.63. The third-order valence-corrected chi connectivity index (χ3v) is 3.83. The summed E-state index contributed by atoms with van der Waals surface area (Å²) in [6.07, 6.45) is 1.24. The average molecular weight is 281 g/mol. The highest BCUT2D eigenvalue weighted by atomic mass is 32.2. The molecule has 0 atom stereocenters. The molecular formula is C16H27NOS. The summed E-state index contributed by atoms with van der Waals surface area (Å²) in [5, 5.41) is 3.38. The molecule has 0 aliphatic rings. The molecule has 0 unspecified atom stereocenters. The molecule has 3 heteroatoms. The standard InChI is InChI=1S/C16H27NOS/c1-16(2,3)8-11-19-15-7-5-6-14(12-15)13-17-9-10-18-4/h5-7,12,17H,8-11,13H2,1-4H3. The predicted octanol–water partition coefficient (Wildman–Crippen LogP) is 3.95. The molecule has 0 bridgehead atoms. The second-order valence-electron chi connectivity index (χ2n) is 5.98. The Kier molecular flexibility index (Phi) is 7.51. The summed E-state index contributed by atoms with van der Waals surface area (Å²) in [5.74, 6) is 1.18. The highest BCUT2D eigenvalue weighted by molar-refractivity contribution is 7.99. The Labute approximate surface area is 122 Å². The smallest absolute Gasteiger partial charge is 0.0587 e. The van der Waals surface area contributed by atoms with Crippen LogP contribution in [0.2, 0.25) is 0 Å². The van der Waals surface area contributed by atoms with Crippen molar-refractivity contribution in [3.63, 3.8) is 0 Å². The molecule has 0 fully saturated rings. The van der Waals surface area contributed by atoms with Crippen LogP contribution < -0.4 is 5.32 Å². The van der Waals surface area contributed by atoms with E-state index in [4.69, 9.17) is 4.74 Å². The summed E-state index contributed by atoms with van der Waals surface area (Å²) in [5.41, 5.74) is 1.77. The molecule has 1 N–H and O–H groups in total. The van der Waals surface area contributed by atoms with Gasteiger partial charge in [-0.05, 0) is 35.3 Å². The Morgan fingerprint density at radius 3 is 2.74 bits per heavy atom. The molecule has 0 radical (unpaired) electrons. The molecule has 2 nitrogen and oxygen atoms in total. The predicted molar refractivity (Wildman–Crippen MR) is 84.8 cm³/mol. The van der Waals surface area contributed by atoms with Crippen LogP contribution in [0.25, 0.3) is 0 Å². The quantitative estimate of drug-likeness (QED) is 0.576. The number of hydrogen-bond donors (Lipinski definition) is 1.